The van der Waals surface area contributed by atoms with Crippen molar-refractivity contribution in [3.05, 3.63) is 71.3 Å². The molecule has 1 atom stereocenters. The second-order valence-electron chi connectivity index (χ2n) is 9.11. The Morgan fingerprint density at radius 3 is 2.76 bits per heavy atom. The number of rotatable bonds is 4. The van der Waals surface area contributed by atoms with Gasteiger partial charge in [0, 0.05) is 29.9 Å². The molecule has 1 N–H and O–H groups in total. The first-order valence-corrected chi connectivity index (χ1v) is 11.4. The first kappa shape index (κ1) is 20.5. The molecule has 3 aromatic carbocycles. The predicted molar refractivity (Wildman–Crippen MR) is 128 cm³/mol. The summed E-state index contributed by atoms with van der Waals surface area (Å²) in [5, 5.41) is 19.8. The molecule has 0 radical (unpaired) electrons. The number of fused-ring (bicyclic) bond motifs is 2. The van der Waals surface area contributed by atoms with Crippen LogP contribution in [0.15, 0.2) is 59.1 Å². The van der Waals surface area contributed by atoms with Crippen LogP contribution in [0.3, 0.4) is 0 Å². The summed E-state index contributed by atoms with van der Waals surface area (Å²) in [4.78, 5) is 27.4. The van der Waals surface area contributed by atoms with E-state index in [0.717, 1.165) is 30.8 Å². The topological polar surface area (TPSA) is 98.5 Å². The lowest BCUT2D eigenvalue weighted by Crippen LogP contribution is -2.34. The second kappa shape index (κ2) is 7.73. The third kappa shape index (κ3) is 3.15. The van der Waals surface area contributed by atoms with Gasteiger partial charge in [0.2, 0.25) is 0 Å². The van der Waals surface area contributed by atoms with Gasteiger partial charge in [0.25, 0.3) is 0 Å². The van der Waals surface area contributed by atoms with E-state index in [1.807, 2.05) is 24.3 Å². The van der Waals surface area contributed by atoms with Crippen molar-refractivity contribution in [3.8, 4) is 11.3 Å². The van der Waals surface area contributed by atoms with Crippen molar-refractivity contribution < 1.29 is 19.2 Å². The molecule has 0 amide bonds. The van der Waals surface area contributed by atoms with Crippen LogP contribution >= 0.6 is 0 Å². The minimum atomic E-state index is -1.25. The Morgan fingerprint density at radius 1 is 1.15 bits per heavy atom. The molecule has 1 aromatic heterocycles. The van der Waals surface area contributed by atoms with Crippen LogP contribution < -0.4 is 15.3 Å². The fraction of sp³-hybridized carbons (Fsp3) is 0.222. The largest absolute Gasteiger partial charge is 0.545 e. The Labute approximate surface area is 196 Å². The lowest BCUT2D eigenvalue weighted by Gasteiger charge is -2.33. The molecule has 1 fully saturated rings. The highest BCUT2D eigenvalue weighted by Crippen LogP contribution is 2.46. The smallest absolute Gasteiger partial charge is 0.196 e. The lowest BCUT2D eigenvalue weighted by atomic mass is 9.86. The van der Waals surface area contributed by atoms with Gasteiger partial charge >= 0.3 is 0 Å². The Bertz CT molecular complexity index is 1470. The highest BCUT2D eigenvalue weighted by atomic mass is 16.5. The number of ketones is 1. The molecule has 0 saturated carbocycles. The number of nitrogens with zero attached hydrogens (tertiary/aromatic N) is 2. The minimum absolute atomic E-state index is 0.0622. The van der Waals surface area contributed by atoms with E-state index in [1.54, 1.807) is 18.2 Å². The normalized spacial score (nSPS) is 17.0. The SMILES string of the molecule is CC1CCCN(c2cc(Nc3cccc(C(=O)[O-])c3)c3c4c(onc24)-c2ccccc2C3=O)C1. The van der Waals surface area contributed by atoms with Crippen LogP contribution in [0.5, 0.6) is 0 Å². The molecule has 4 aromatic rings. The molecule has 7 nitrogen and oxygen atoms in total. The highest BCUT2D eigenvalue weighted by molar-refractivity contribution is 6.28. The summed E-state index contributed by atoms with van der Waals surface area (Å²) in [6, 6.07) is 15.7. The van der Waals surface area contributed by atoms with Crippen molar-refractivity contribution in [1.29, 1.82) is 0 Å². The van der Waals surface area contributed by atoms with Gasteiger partial charge in [-0.05, 0) is 42.5 Å². The molecule has 6 rings (SSSR count). The fourth-order valence-electron chi connectivity index (χ4n) is 5.17. The summed E-state index contributed by atoms with van der Waals surface area (Å²) in [6.45, 7) is 4.02. The van der Waals surface area contributed by atoms with Gasteiger partial charge < -0.3 is 24.6 Å². The predicted octanol–water partition coefficient (Wildman–Crippen LogP) is 4.38. The molecule has 2 heterocycles. The van der Waals surface area contributed by atoms with Gasteiger partial charge in [-0.2, -0.15) is 0 Å². The zero-order valence-electron chi connectivity index (χ0n) is 18.6. The molecular weight excluding hydrogens is 430 g/mol. The van der Waals surface area contributed by atoms with Gasteiger partial charge in [0.15, 0.2) is 11.5 Å². The Kier molecular flexibility index (Phi) is 4.65. The number of carbonyl (C=O) groups excluding carboxylic acids is 2. The van der Waals surface area contributed by atoms with E-state index >= 15 is 0 Å². The van der Waals surface area contributed by atoms with E-state index in [-0.39, 0.29) is 11.3 Å². The molecule has 0 bridgehead atoms. The summed E-state index contributed by atoms with van der Waals surface area (Å²) >= 11 is 0. The van der Waals surface area contributed by atoms with Crippen LogP contribution in [0.1, 0.15) is 46.0 Å². The minimum Gasteiger partial charge on any atom is -0.545 e. The molecule has 2 aliphatic rings. The third-order valence-corrected chi connectivity index (χ3v) is 6.75. The fourth-order valence-corrected chi connectivity index (χ4v) is 5.17. The highest BCUT2D eigenvalue weighted by Gasteiger charge is 2.34. The van der Waals surface area contributed by atoms with Crippen molar-refractivity contribution in [2.45, 2.75) is 19.8 Å². The monoisotopic (exact) mass is 452 g/mol. The van der Waals surface area contributed by atoms with Crippen LogP contribution in [0.2, 0.25) is 0 Å². The zero-order chi connectivity index (χ0) is 23.4. The van der Waals surface area contributed by atoms with Crippen molar-refractivity contribution >= 4 is 39.7 Å². The van der Waals surface area contributed by atoms with E-state index in [0.29, 0.717) is 45.1 Å². The number of carboxylic acids is 1. The quantitative estimate of drug-likeness (QED) is 0.432. The number of piperidine rings is 1. The number of anilines is 3. The molecule has 1 unspecified atom stereocenters. The molecular formula is C27H22N3O4-. The number of hydrogen-bond donors (Lipinski definition) is 1. The third-order valence-electron chi connectivity index (χ3n) is 6.75. The lowest BCUT2D eigenvalue weighted by molar-refractivity contribution is -0.255. The molecule has 7 heteroatoms. The van der Waals surface area contributed by atoms with E-state index in [9.17, 15) is 14.7 Å². The van der Waals surface area contributed by atoms with Gasteiger partial charge in [-0.15, -0.1) is 0 Å². The number of carboxylic acid groups (broad SMARTS) is 1. The van der Waals surface area contributed by atoms with Gasteiger partial charge in [-0.25, -0.2) is 0 Å². The van der Waals surface area contributed by atoms with Gasteiger partial charge in [-0.1, -0.05) is 48.5 Å². The van der Waals surface area contributed by atoms with Crippen LogP contribution in [-0.4, -0.2) is 30.0 Å². The number of aromatic carboxylic acids is 1. The van der Waals surface area contributed by atoms with Gasteiger partial charge in [0.1, 0.15) is 5.52 Å². The first-order chi connectivity index (χ1) is 16.5. The van der Waals surface area contributed by atoms with Crippen LogP contribution in [-0.2, 0) is 0 Å². The summed E-state index contributed by atoms with van der Waals surface area (Å²) in [7, 11) is 0. The van der Waals surface area contributed by atoms with Gasteiger partial charge in [0.05, 0.1) is 28.3 Å². The van der Waals surface area contributed by atoms with Crippen molar-refractivity contribution in [1.82, 2.24) is 5.16 Å². The van der Waals surface area contributed by atoms with E-state index in [4.69, 9.17) is 4.52 Å². The van der Waals surface area contributed by atoms with E-state index in [2.05, 4.69) is 22.3 Å². The zero-order valence-corrected chi connectivity index (χ0v) is 18.6. The second-order valence-corrected chi connectivity index (χ2v) is 9.11. The van der Waals surface area contributed by atoms with E-state index < -0.39 is 5.97 Å². The van der Waals surface area contributed by atoms with Crippen molar-refractivity contribution in [3.63, 3.8) is 0 Å². The Hall–Kier alpha value is -4.13. The summed E-state index contributed by atoms with van der Waals surface area (Å²) in [5.41, 5.74) is 4.57. The number of aromatic nitrogens is 1. The number of nitrogens with one attached hydrogen (secondary N) is 1. The maximum absolute atomic E-state index is 13.7. The molecule has 170 valence electrons. The maximum atomic E-state index is 13.7. The molecule has 1 aliphatic heterocycles. The summed E-state index contributed by atoms with van der Waals surface area (Å²) < 4.78 is 5.84. The maximum Gasteiger partial charge on any atom is 0.196 e. The van der Waals surface area contributed by atoms with Gasteiger partial charge in [-0.3, -0.25) is 4.79 Å². The summed E-state index contributed by atoms with van der Waals surface area (Å²) in [5.74, 6) is -0.247. The number of hydrogen-bond acceptors (Lipinski definition) is 7. The number of benzene rings is 3. The average Bonchev–Trinajstić information content (AvgIpc) is 3.28. The molecule has 0 spiro atoms. The Balaban J connectivity index is 1.59. The molecule has 34 heavy (non-hydrogen) atoms. The molecule has 1 aliphatic carbocycles. The van der Waals surface area contributed by atoms with Crippen LogP contribution in [0, 0.1) is 5.92 Å². The number of carbonyl (C=O) groups is 2. The van der Waals surface area contributed by atoms with Crippen LogP contribution in [0.25, 0.3) is 22.2 Å². The first-order valence-electron chi connectivity index (χ1n) is 11.4. The van der Waals surface area contributed by atoms with Crippen molar-refractivity contribution in [2.75, 3.05) is 23.3 Å². The average molecular weight is 452 g/mol. The van der Waals surface area contributed by atoms with Crippen LogP contribution in [0.4, 0.5) is 17.1 Å². The molecule has 1 saturated heterocycles. The van der Waals surface area contributed by atoms with Crippen molar-refractivity contribution in [2.24, 2.45) is 5.92 Å². The summed E-state index contributed by atoms with van der Waals surface area (Å²) in [6.07, 6.45) is 2.25. The van der Waals surface area contributed by atoms with E-state index in [1.165, 1.54) is 18.6 Å². The Morgan fingerprint density at radius 2 is 1.97 bits per heavy atom. The standard InChI is InChI=1S/C27H23N3O4/c1-15-6-5-11-30(14-15)21-13-20(28-17-8-4-7-16(12-17)27(32)33)22-23-24(21)29-34-26(23)19-10-3-2-9-18(19)25(22)31/h2-4,7-10,12-13,15,28H,5-6,11,14H2,1H3,(H,32,33)/p-1.